The Labute approximate surface area is 292 Å². The van der Waals surface area contributed by atoms with E-state index in [-0.39, 0.29) is 43.6 Å². The van der Waals surface area contributed by atoms with Crippen LogP contribution in [-0.4, -0.2) is 46.3 Å². The number of fused-ring (bicyclic) bond motifs is 6. The lowest BCUT2D eigenvalue weighted by molar-refractivity contribution is 0.351. The largest absolute Gasteiger partial charge is 0.508 e. The van der Waals surface area contributed by atoms with Crippen molar-refractivity contribution in [2.45, 2.75) is 0 Å². The number of para-hydroxylation sites is 1. The first-order valence-corrected chi connectivity index (χ1v) is 16.0. The number of benzene rings is 8. The van der Waals surface area contributed by atoms with E-state index in [4.69, 9.17) is 20.1 Å². The van der Waals surface area contributed by atoms with E-state index in [1.165, 1.54) is 0 Å². The van der Waals surface area contributed by atoms with Crippen molar-refractivity contribution in [1.29, 1.82) is 0 Å². The smallest absolute Gasteiger partial charge is 0.204 e. The number of phenols is 6. The third kappa shape index (κ3) is 4.28. The van der Waals surface area contributed by atoms with Gasteiger partial charge in [-0.3, -0.25) is 0 Å². The van der Waals surface area contributed by atoms with Crippen LogP contribution in [0, 0.1) is 0 Å². The van der Waals surface area contributed by atoms with E-state index in [1.54, 1.807) is 30.3 Å². The second kappa shape index (κ2) is 10.9. The molecule has 6 N–H and O–H groups in total. The molecule has 0 atom stereocenters. The van der Waals surface area contributed by atoms with Gasteiger partial charge in [-0.2, -0.15) is 0 Å². The fourth-order valence-corrected chi connectivity index (χ4v) is 7.34. The van der Waals surface area contributed by atoms with Gasteiger partial charge in [0.1, 0.15) is 38.4 Å². The normalized spacial score (nSPS) is 11.8. The second-order valence-electron chi connectivity index (χ2n) is 12.6. The Hall–Kier alpha value is -6.73. The molecular weight excluding hydrogens is 638 g/mol. The highest BCUT2D eigenvalue weighted by molar-refractivity contribution is 6.53. The zero-order valence-corrected chi connectivity index (χ0v) is 26.6. The summed E-state index contributed by atoms with van der Waals surface area (Å²) in [7, 11) is 12.5. The van der Waals surface area contributed by atoms with Gasteiger partial charge in [0, 0.05) is 43.4 Å². The summed E-state index contributed by atoms with van der Waals surface area (Å²) >= 11 is 0. The topological polar surface area (TPSA) is 135 Å². The third-order valence-electron chi connectivity index (χ3n) is 9.84. The molecule has 0 aliphatic rings. The average molecular weight is 662 g/mol. The molecule has 9 heteroatoms. The van der Waals surface area contributed by atoms with Crippen molar-refractivity contribution < 1.29 is 35.1 Å². The van der Waals surface area contributed by atoms with Crippen molar-refractivity contribution in [1.82, 2.24) is 0 Å². The van der Waals surface area contributed by atoms with Crippen LogP contribution in [0.3, 0.4) is 0 Å². The van der Waals surface area contributed by atoms with E-state index in [1.807, 2.05) is 72.8 Å². The summed E-state index contributed by atoms with van der Waals surface area (Å²) in [4.78, 5) is 0. The molecule has 0 aliphatic heterocycles. The Kier molecular flexibility index (Phi) is 6.48. The molecule has 4 radical (unpaired) electrons. The monoisotopic (exact) mass is 662 g/mol. The van der Waals surface area contributed by atoms with Crippen molar-refractivity contribution in [3.63, 3.8) is 0 Å². The third-order valence-corrected chi connectivity index (χ3v) is 9.84. The van der Waals surface area contributed by atoms with Crippen LogP contribution in [0.2, 0.25) is 0 Å². The number of hydrogen-bond donors (Lipinski definition) is 6. The van der Waals surface area contributed by atoms with Crippen LogP contribution in [-0.2, 0) is 0 Å². The van der Waals surface area contributed by atoms with Crippen molar-refractivity contribution in [2.75, 3.05) is 0 Å². The molecule has 0 aliphatic carbocycles. The minimum absolute atomic E-state index is 0.00269. The quantitative estimate of drug-likeness (QED) is 0.0491. The Morgan fingerprint density at radius 3 is 1.53 bits per heavy atom. The maximum absolute atomic E-state index is 11.8. The summed E-state index contributed by atoms with van der Waals surface area (Å²) in [5.41, 5.74) is 3.48. The molecule has 240 valence electrons. The number of aromatic hydroxyl groups is 6. The van der Waals surface area contributed by atoms with Gasteiger partial charge in [0.05, 0.1) is 0 Å². The molecule has 9 rings (SSSR count). The Morgan fingerprint density at radius 1 is 0.373 bits per heavy atom. The molecule has 0 bridgehead atoms. The number of hydrogen-bond acceptors (Lipinski definition) is 7. The minimum atomic E-state index is -0.972. The molecule has 0 fully saturated rings. The number of furan rings is 1. The Morgan fingerprint density at radius 2 is 0.863 bits per heavy atom. The van der Waals surface area contributed by atoms with Gasteiger partial charge in [0.2, 0.25) is 11.5 Å². The van der Waals surface area contributed by atoms with Crippen LogP contribution in [0.5, 0.6) is 34.5 Å². The SMILES string of the molecule is [B]c1c([B])c(O)c2c(-c3ccc4oc5ccccc5c4c3)c3c(O)c(O)c(O)c(O)c3c(-c3ccc(-c4ccc5ccccc5c4)cc3)c2c1O. The fraction of sp³-hybridized carbons (Fsp3) is 0. The Bertz CT molecular complexity index is 2870. The van der Waals surface area contributed by atoms with Crippen LogP contribution in [0.1, 0.15) is 0 Å². The van der Waals surface area contributed by atoms with Crippen LogP contribution in [0.25, 0.3) is 87.6 Å². The molecule has 0 unspecified atom stereocenters. The molecule has 0 amide bonds. The lowest BCUT2D eigenvalue weighted by Gasteiger charge is -2.24. The van der Waals surface area contributed by atoms with Gasteiger partial charge in [-0.15, -0.1) is 0 Å². The van der Waals surface area contributed by atoms with Crippen molar-refractivity contribution in [2.24, 2.45) is 0 Å². The van der Waals surface area contributed by atoms with Crippen LogP contribution >= 0.6 is 0 Å². The first-order chi connectivity index (χ1) is 24.6. The van der Waals surface area contributed by atoms with Gasteiger partial charge in [-0.05, 0) is 57.3 Å². The Balaban J connectivity index is 1.41. The maximum Gasteiger partial charge on any atom is 0.204 e. The summed E-state index contributed by atoms with van der Waals surface area (Å²) in [5.74, 6) is -4.45. The summed E-state index contributed by atoms with van der Waals surface area (Å²) in [5, 5.41) is 71.9. The zero-order valence-electron chi connectivity index (χ0n) is 26.6. The van der Waals surface area contributed by atoms with Gasteiger partial charge in [0.15, 0.2) is 11.5 Å². The standard InChI is InChI=1S/C42H24B2O7/c43-35-36(44)38(46)32-30(24-15-16-28-26(18-24)25-7-3-4-8-27(25)51-28)34-33(39(47)41(49)42(50)40(34)48)29(31(32)37(35)45)21-12-9-20(10-13-21)23-14-11-19-5-1-2-6-22(19)17-23/h1-18,45-50H. The summed E-state index contributed by atoms with van der Waals surface area (Å²) < 4.78 is 6.02. The summed E-state index contributed by atoms with van der Waals surface area (Å²) in [6, 6.07) is 34.0. The number of rotatable bonds is 3. The van der Waals surface area contributed by atoms with Crippen LogP contribution in [0.4, 0.5) is 0 Å². The molecule has 0 saturated carbocycles. The first kappa shape index (κ1) is 30.3. The predicted octanol–water partition coefficient (Wildman–Crippen LogP) is 7.87. The molecule has 8 aromatic carbocycles. The van der Waals surface area contributed by atoms with Gasteiger partial charge in [-0.1, -0.05) is 95.9 Å². The summed E-state index contributed by atoms with van der Waals surface area (Å²) in [6.45, 7) is 0. The lowest BCUT2D eigenvalue weighted by atomic mass is 9.74. The van der Waals surface area contributed by atoms with Crippen LogP contribution in [0.15, 0.2) is 114 Å². The zero-order chi connectivity index (χ0) is 35.3. The van der Waals surface area contributed by atoms with Gasteiger partial charge in [0.25, 0.3) is 0 Å². The first-order valence-electron chi connectivity index (χ1n) is 16.0. The molecule has 7 nitrogen and oxygen atoms in total. The molecule has 1 aromatic heterocycles. The molecule has 51 heavy (non-hydrogen) atoms. The van der Waals surface area contributed by atoms with E-state index in [9.17, 15) is 30.6 Å². The highest BCUT2D eigenvalue weighted by atomic mass is 16.3. The van der Waals surface area contributed by atoms with Gasteiger partial charge in [-0.25, -0.2) is 0 Å². The number of phenolic OH excluding ortho intramolecular Hbond substituents is 6. The van der Waals surface area contributed by atoms with E-state index in [0.717, 1.165) is 27.3 Å². The van der Waals surface area contributed by atoms with Crippen molar-refractivity contribution in [3.8, 4) is 67.9 Å². The van der Waals surface area contributed by atoms with Crippen molar-refractivity contribution in [3.05, 3.63) is 109 Å². The molecular formula is C42H24B2O7. The van der Waals surface area contributed by atoms with Gasteiger partial charge >= 0.3 is 0 Å². The molecule has 1 heterocycles. The van der Waals surface area contributed by atoms with Crippen molar-refractivity contribution >= 4 is 80.9 Å². The molecule has 9 aromatic rings. The lowest BCUT2D eigenvalue weighted by Crippen LogP contribution is -2.26. The van der Waals surface area contributed by atoms with E-state index >= 15 is 0 Å². The second-order valence-corrected chi connectivity index (χ2v) is 12.6. The molecule has 0 saturated heterocycles. The van der Waals surface area contributed by atoms with E-state index in [0.29, 0.717) is 27.7 Å². The fourth-order valence-electron chi connectivity index (χ4n) is 7.34. The highest BCUT2D eigenvalue weighted by Crippen LogP contribution is 2.58. The van der Waals surface area contributed by atoms with Crippen LogP contribution < -0.4 is 10.9 Å². The molecule has 0 spiro atoms. The van der Waals surface area contributed by atoms with Gasteiger partial charge < -0.3 is 35.1 Å². The minimum Gasteiger partial charge on any atom is -0.508 e. The van der Waals surface area contributed by atoms with E-state index in [2.05, 4.69) is 6.07 Å². The average Bonchev–Trinajstić information content (AvgIpc) is 3.54. The summed E-state index contributed by atoms with van der Waals surface area (Å²) in [6.07, 6.45) is 0. The van der Waals surface area contributed by atoms with E-state index < -0.39 is 34.5 Å². The maximum atomic E-state index is 11.8. The predicted molar refractivity (Wildman–Crippen MR) is 203 cm³/mol. The highest BCUT2D eigenvalue weighted by Gasteiger charge is 2.31.